The van der Waals surface area contributed by atoms with Crippen molar-refractivity contribution in [3.8, 4) is 0 Å². The van der Waals surface area contributed by atoms with Crippen LogP contribution in [0.5, 0.6) is 0 Å². The van der Waals surface area contributed by atoms with Crippen molar-refractivity contribution in [3.05, 3.63) is 11.9 Å². The van der Waals surface area contributed by atoms with Gasteiger partial charge in [-0.25, -0.2) is 4.79 Å². The number of aromatic nitrogens is 2. The van der Waals surface area contributed by atoms with Crippen LogP contribution in [0.15, 0.2) is 6.20 Å². The van der Waals surface area contributed by atoms with Crippen molar-refractivity contribution < 1.29 is 9.53 Å². The molecule has 0 saturated heterocycles. The molecule has 90 valence electrons. The zero-order chi connectivity index (χ0) is 12.3. The first kappa shape index (κ1) is 12.5. The summed E-state index contributed by atoms with van der Waals surface area (Å²) in [6.07, 6.45) is 2.26. The highest BCUT2D eigenvalue weighted by molar-refractivity contribution is 5.92. The quantitative estimate of drug-likeness (QED) is 0.793. The molecule has 5 heteroatoms. The van der Waals surface area contributed by atoms with Gasteiger partial charge in [0.05, 0.1) is 18.5 Å². The fraction of sp³-hybridized carbons (Fsp3) is 0.636. The number of nitrogens with zero attached hydrogens (tertiary/aromatic N) is 2. The average molecular weight is 225 g/mol. The van der Waals surface area contributed by atoms with E-state index < -0.39 is 5.97 Å². The van der Waals surface area contributed by atoms with Crippen LogP contribution in [0.4, 0.5) is 5.69 Å². The third kappa shape index (κ3) is 3.25. The summed E-state index contributed by atoms with van der Waals surface area (Å²) in [5.74, 6) is -0.415. The minimum atomic E-state index is -0.415. The van der Waals surface area contributed by atoms with Gasteiger partial charge in [0, 0.05) is 7.05 Å². The molecule has 1 rings (SSSR count). The number of carbonyl (C=O) groups is 1. The van der Waals surface area contributed by atoms with Gasteiger partial charge >= 0.3 is 5.97 Å². The Kier molecular flexibility index (Phi) is 3.57. The van der Waals surface area contributed by atoms with Crippen LogP contribution in [-0.2, 0) is 11.8 Å². The minimum Gasteiger partial charge on any atom is -0.461 e. The van der Waals surface area contributed by atoms with E-state index in [0.717, 1.165) is 6.42 Å². The third-order valence-corrected chi connectivity index (χ3v) is 2.25. The summed E-state index contributed by atoms with van der Waals surface area (Å²) in [6.45, 7) is 6.69. The molecule has 0 aromatic carbocycles. The van der Waals surface area contributed by atoms with Gasteiger partial charge in [0.2, 0.25) is 0 Å². The zero-order valence-electron chi connectivity index (χ0n) is 10.3. The summed E-state index contributed by atoms with van der Waals surface area (Å²) in [4.78, 5) is 11.7. The Bertz CT molecular complexity index is 358. The molecular weight excluding hydrogens is 206 g/mol. The van der Waals surface area contributed by atoms with Gasteiger partial charge in [-0.15, -0.1) is 0 Å². The lowest BCUT2D eigenvalue weighted by molar-refractivity contribution is 0.0453. The number of ether oxygens (including phenoxy) is 1. The number of anilines is 1. The molecule has 5 nitrogen and oxygen atoms in total. The molecule has 0 fully saturated rings. The van der Waals surface area contributed by atoms with Gasteiger partial charge in [-0.3, -0.25) is 4.68 Å². The van der Waals surface area contributed by atoms with Gasteiger partial charge < -0.3 is 10.5 Å². The van der Waals surface area contributed by atoms with Crippen LogP contribution in [0.2, 0.25) is 0 Å². The highest BCUT2D eigenvalue weighted by Gasteiger charge is 2.17. The lowest BCUT2D eigenvalue weighted by atomic mass is 9.93. The Balaban J connectivity index is 2.54. The minimum absolute atomic E-state index is 0.151. The Morgan fingerprint density at radius 1 is 1.56 bits per heavy atom. The smallest absolute Gasteiger partial charge is 0.358 e. The molecule has 1 aromatic heterocycles. The summed E-state index contributed by atoms with van der Waals surface area (Å²) in [5, 5.41) is 3.88. The van der Waals surface area contributed by atoms with Crippen molar-refractivity contribution in [1.29, 1.82) is 0 Å². The predicted molar refractivity (Wildman–Crippen MR) is 62.0 cm³/mol. The van der Waals surface area contributed by atoms with Crippen molar-refractivity contribution in [2.24, 2.45) is 12.5 Å². The maximum Gasteiger partial charge on any atom is 0.358 e. The molecular formula is C11H19N3O2. The first-order valence-corrected chi connectivity index (χ1v) is 5.26. The second-order valence-electron chi connectivity index (χ2n) is 5.02. The van der Waals surface area contributed by atoms with Gasteiger partial charge in [-0.2, -0.15) is 5.10 Å². The zero-order valence-corrected chi connectivity index (χ0v) is 10.3. The summed E-state index contributed by atoms with van der Waals surface area (Å²) in [6, 6.07) is 0. The van der Waals surface area contributed by atoms with E-state index in [1.165, 1.54) is 10.9 Å². The maximum atomic E-state index is 11.7. The second kappa shape index (κ2) is 4.55. The molecule has 0 bridgehead atoms. The van der Waals surface area contributed by atoms with Crippen LogP contribution < -0.4 is 5.73 Å². The number of aryl methyl sites for hydroxylation is 1. The van der Waals surface area contributed by atoms with Crippen molar-refractivity contribution in [2.75, 3.05) is 12.3 Å². The van der Waals surface area contributed by atoms with Crippen molar-refractivity contribution in [2.45, 2.75) is 27.2 Å². The molecule has 1 heterocycles. The van der Waals surface area contributed by atoms with E-state index in [2.05, 4.69) is 25.9 Å². The van der Waals surface area contributed by atoms with Crippen LogP contribution in [0.1, 0.15) is 37.7 Å². The number of carbonyl (C=O) groups excluding carboxylic acids is 1. The van der Waals surface area contributed by atoms with Crippen molar-refractivity contribution in [1.82, 2.24) is 9.78 Å². The Morgan fingerprint density at radius 2 is 2.19 bits per heavy atom. The number of esters is 1. The maximum absolute atomic E-state index is 11.7. The Hall–Kier alpha value is -1.52. The molecule has 0 amide bonds. The van der Waals surface area contributed by atoms with Gasteiger partial charge in [-0.1, -0.05) is 20.8 Å². The van der Waals surface area contributed by atoms with Crippen LogP contribution in [0.25, 0.3) is 0 Å². The topological polar surface area (TPSA) is 70.1 Å². The summed E-state index contributed by atoms with van der Waals surface area (Å²) < 4.78 is 6.57. The first-order valence-electron chi connectivity index (χ1n) is 5.26. The fourth-order valence-electron chi connectivity index (χ4n) is 1.22. The number of rotatable bonds is 3. The van der Waals surface area contributed by atoms with E-state index >= 15 is 0 Å². The fourth-order valence-corrected chi connectivity index (χ4v) is 1.22. The van der Waals surface area contributed by atoms with Gasteiger partial charge in [0.1, 0.15) is 0 Å². The normalized spacial score (nSPS) is 11.5. The van der Waals surface area contributed by atoms with Crippen molar-refractivity contribution in [3.63, 3.8) is 0 Å². The Labute approximate surface area is 95.6 Å². The van der Waals surface area contributed by atoms with Crippen LogP contribution >= 0.6 is 0 Å². The largest absolute Gasteiger partial charge is 0.461 e. The van der Waals surface area contributed by atoms with E-state index in [1.54, 1.807) is 7.05 Å². The molecule has 0 aliphatic rings. The molecule has 0 aliphatic carbocycles. The molecule has 0 unspecified atom stereocenters. The average Bonchev–Trinajstić information content (AvgIpc) is 2.43. The number of nitrogen functional groups attached to an aromatic ring is 1. The van der Waals surface area contributed by atoms with E-state index in [-0.39, 0.29) is 5.41 Å². The number of nitrogens with two attached hydrogens (primary N) is 1. The number of hydrogen-bond acceptors (Lipinski definition) is 4. The molecule has 0 spiro atoms. The van der Waals surface area contributed by atoms with E-state index in [0.29, 0.717) is 18.0 Å². The molecule has 0 saturated carbocycles. The van der Waals surface area contributed by atoms with E-state index in [9.17, 15) is 4.79 Å². The molecule has 0 radical (unpaired) electrons. The van der Waals surface area contributed by atoms with Crippen LogP contribution in [0.3, 0.4) is 0 Å². The molecule has 0 atom stereocenters. The van der Waals surface area contributed by atoms with Gasteiger partial charge in [-0.05, 0) is 11.8 Å². The molecule has 1 aromatic rings. The Morgan fingerprint density at radius 3 is 2.62 bits per heavy atom. The van der Waals surface area contributed by atoms with Crippen LogP contribution in [0, 0.1) is 5.41 Å². The SMILES string of the molecule is Cn1ncc(N)c1C(=O)OCCC(C)(C)C. The summed E-state index contributed by atoms with van der Waals surface area (Å²) in [7, 11) is 1.66. The summed E-state index contributed by atoms with van der Waals surface area (Å²) >= 11 is 0. The van der Waals surface area contributed by atoms with Crippen LogP contribution in [-0.4, -0.2) is 22.4 Å². The lowest BCUT2D eigenvalue weighted by Crippen LogP contribution is -2.16. The number of hydrogen-bond donors (Lipinski definition) is 1. The third-order valence-electron chi connectivity index (χ3n) is 2.25. The molecule has 0 aliphatic heterocycles. The monoisotopic (exact) mass is 225 g/mol. The van der Waals surface area contributed by atoms with E-state index in [4.69, 9.17) is 10.5 Å². The predicted octanol–water partition coefficient (Wildman–Crippen LogP) is 1.60. The molecule has 2 N–H and O–H groups in total. The van der Waals surface area contributed by atoms with Gasteiger partial charge in [0.15, 0.2) is 5.69 Å². The van der Waals surface area contributed by atoms with E-state index in [1.807, 2.05) is 0 Å². The van der Waals surface area contributed by atoms with Crippen molar-refractivity contribution >= 4 is 11.7 Å². The molecule has 16 heavy (non-hydrogen) atoms. The first-order chi connectivity index (χ1) is 7.31. The van der Waals surface area contributed by atoms with Gasteiger partial charge in [0.25, 0.3) is 0 Å². The highest BCUT2D eigenvalue weighted by Crippen LogP contribution is 2.19. The lowest BCUT2D eigenvalue weighted by Gasteiger charge is -2.17. The highest BCUT2D eigenvalue weighted by atomic mass is 16.5. The second-order valence-corrected chi connectivity index (χ2v) is 5.02. The summed E-state index contributed by atoms with van der Waals surface area (Å²) in [5.41, 5.74) is 6.43. The standard InChI is InChI=1S/C11H19N3O2/c1-11(2,3)5-6-16-10(15)9-8(12)7-13-14(9)4/h7H,5-6,12H2,1-4H3.